The van der Waals surface area contributed by atoms with Crippen molar-refractivity contribution in [3.05, 3.63) is 88.1 Å². The Bertz CT molecular complexity index is 835. The minimum absolute atomic E-state index is 0.0277. The van der Waals surface area contributed by atoms with Crippen LogP contribution in [0, 0.1) is 0 Å². The molecule has 0 saturated carbocycles. The maximum Gasteiger partial charge on any atom is 0.251 e. The number of hydrogen-bond donors (Lipinski definition) is 2. The lowest BCUT2D eigenvalue weighted by molar-refractivity contribution is 0.0950. The van der Waals surface area contributed by atoms with Crippen molar-refractivity contribution in [3.63, 3.8) is 0 Å². The first-order chi connectivity index (χ1) is 13.3. The first kappa shape index (κ1) is 19.1. The summed E-state index contributed by atoms with van der Waals surface area (Å²) in [6.45, 7) is 1.37. The van der Waals surface area contributed by atoms with E-state index in [2.05, 4.69) is 22.1 Å². The number of amides is 1. The third kappa shape index (κ3) is 5.67. The van der Waals surface area contributed by atoms with E-state index in [4.69, 9.17) is 4.74 Å². The molecule has 4 nitrogen and oxygen atoms in total. The normalized spacial score (nSPS) is 11.7. The molecule has 1 atom stereocenters. The summed E-state index contributed by atoms with van der Waals surface area (Å²) in [5, 5.41) is 8.18. The summed E-state index contributed by atoms with van der Waals surface area (Å²) < 4.78 is 6.20. The van der Waals surface area contributed by atoms with Gasteiger partial charge < -0.3 is 15.4 Å². The topological polar surface area (TPSA) is 50.4 Å². The predicted octanol–water partition coefficient (Wildman–Crippen LogP) is 4.41. The van der Waals surface area contributed by atoms with Crippen molar-refractivity contribution in [1.29, 1.82) is 0 Å². The molecule has 0 aliphatic heterocycles. The SMILES string of the molecule is CNCCC(Oc1cccc(C(=O)NCc2ccccc2)c1)c1cccs1. The van der Waals surface area contributed by atoms with E-state index >= 15 is 0 Å². The molecule has 0 spiro atoms. The standard InChI is InChI=1S/C22H24N2O2S/c1-23-13-12-20(21-11-6-14-27-21)26-19-10-5-9-18(15-19)22(25)24-16-17-7-3-2-4-8-17/h2-11,14-15,20,23H,12-13,16H2,1H3,(H,24,25). The summed E-state index contributed by atoms with van der Waals surface area (Å²) in [6, 6.07) is 21.4. The summed E-state index contributed by atoms with van der Waals surface area (Å²) in [4.78, 5) is 13.7. The minimum Gasteiger partial charge on any atom is -0.485 e. The highest BCUT2D eigenvalue weighted by molar-refractivity contribution is 7.10. The van der Waals surface area contributed by atoms with Gasteiger partial charge in [-0.25, -0.2) is 0 Å². The van der Waals surface area contributed by atoms with Crippen molar-refractivity contribution in [1.82, 2.24) is 10.6 Å². The molecule has 1 unspecified atom stereocenters. The van der Waals surface area contributed by atoms with Crippen LogP contribution in [-0.2, 0) is 6.54 Å². The number of carbonyl (C=O) groups excluding carboxylic acids is 1. The van der Waals surface area contributed by atoms with E-state index in [1.165, 1.54) is 4.88 Å². The molecule has 2 N–H and O–H groups in total. The second kappa shape index (κ2) is 9.90. The molecule has 0 aliphatic rings. The number of thiophene rings is 1. The second-order valence-corrected chi connectivity index (χ2v) is 7.19. The third-order valence-corrected chi connectivity index (χ3v) is 5.15. The van der Waals surface area contributed by atoms with Crippen LogP contribution in [0.5, 0.6) is 5.75 Å². The van der Waals surface area contributed by atoms with E-state index in [0.29, 0.717) is 17.9 Å². The quantitative estimate of drug-likeness (QED) is 0.578. The molecule has 1 amide bonds. The summed E-state index contributed by atoms with van der Waals surface area (Å²) in [6.07, 6.45) is 0.835. The molecule has 3 aromatic rings. The smallest absolute Gasteiger partial charge is 0.251 e. The van der Waals surface area contributed by atoms with Gasteiger partial charge in [0.25, 0.3) is 5.91 Å². The highest BCUT2D eigenvalue weighted by atomic mass is 32.1. The number of ether oxygens (including phenoxy) is 1. The lowest BCUT2D eigenvalue weighted by Gasteiger charge is -2.18. The van der Waals surface area contributed by atoms with Gasteiger partial charge in [-0.1, -0.05) is 42.5 Å². The Morgan fingerprint density at radius 1 is 1.07 bits per heavy atom. The van der Waals surface area contributed by atoms with Gasteiger partial charge in [-0.2, -0.15) is 0 Å². The highest BCUT2D eigenvalue weighted by Gasteiger charge is 2.15. The van der Waals surface area contributed by atoms with Crippen LogP contribution in [0.3, 0.4) is 0 Å². The van der Waals surface area contributed by atoms with Gasteiger partial charge in [0.1, 0.15) is 11.9 Å². The number of hydrogen-bond acceptors (Lipinski definition) is 4. The average Bonchev–Trinajstić information content (AvgIpc) is 3.25. The zero-order chi connectivity index (χ0) is 18.9. The Morgan fingerprint density at radius 3 is 2.67 bits per heavy atom. The molecule has 0 fully saturated rings. The molecule has 0 saturated heterocycles. The van der Waals surface area contributed by atoms with Crippen LogP contribution in [0.1, 0.15) is 33.3 Å². The van der Waals surface area contributed by atoms with Gasteiger partial charge in [-0.15, -0.1) is 11.3 Å². The summed E-state index contributed by atoms with van der Waals surface area (Å²) in [5.41, 5.74) is 1.67. The highest BCUT2D eigenvalue weighted by Crippen LogP contribution is 2.28. The van der Waals surface area contributed by atoms with Crippen LogP contribution in [0.4, 0.5) is 0 Å². The third-order valence-electron chi connectivity index (χ3n) is 4.19. The van der Waals surface area contributed by atoms with E-state index in [1.807, 2.05) is 55.6 Å². The van der Waals surface area contributed by atoms with Gasteiger partial charge in [-0.3, -0.25) is 4.79 Å². The number of carbonyl (C=O) groups is 1. The van der Waals surface area contributed by atoms with Crippen molar-refractivity contribution in [2.45, 2.75) is 19.1 Å². The van der Waals surface area contributed by atoms with Gasteiger partial charge in [-0.05, 0) is 48.8 Å². The van der Waals surface area contributed by atoms with Gasteiger partial charge in [0, 0.05) is 23.4 Å². The molecule has 5 heteroatoms. The second-order valence-electron chi connectivity index (χ2n) is 6.21. The van der Waals surface area contributed by atoms with Gasteiger partial charge in [0.2, 0.25) is 0 Å². The molecule has 1 heterocycles. The van der Waals surface area contributed by atoms with Crippen LogP contribution in [-0.4, -0.2) is 19.5 Å². The number of rotatable bonds is 9. The van der Waals surface area contributed by atoms with Crippen LogP contribution in [0.2, 0.25) is 0 Å². The summed E-state index contributed by atoms with van der Waals surface area (Å²) in [5.74, 6) is 0.601. The van der Waals surface area contributed by atoms with Crippen LogP contribution >= 0.6 is 11.3 Å². The van der Waals surface area contributed by atoms with Crippen LogP contribution in [0.25, 0.3) is 0 Å². The average molecular weight is 381 g/mol. The minimum atomic E-state index is -0.104. The molecule has 140 valence electrons. The number of benzene rings is 2. The van der Waals surface area contributed by atoms with E-state index in [1.54, 1.807) is 23.5 Å². The first-order valence-electron chi connectivity index (χ1n) is 9.03. The summed E-state index contributed by atoms with van der Waals surface area (Å²) in [7, 11) is 1.93. The lowest BCUT2D eigenvalue weighted by atomic mass is 10.1. The lowest BCUT2D eigenvalue weighted by Crippen LogP contribution is -2.22. The fourth-order valence-electron chi connectivity index (χ4n) is 2.76. The monoisotopic (exact) mass is 380 g/mol. The maximum absolute atomic E-state index is 12.5. The van der Waals surface area contributed by atoms with Crippen molar-refractivity contribution in [2.24, 2.45) is 0 Å². The Morgan fingerprint density at radius 2 is 1.93 bits per heavy atom. The molecule has 0 radical (unpaired) electrons. The van der Waals surface area contributed by atoms with Gasteiger partial charge >= 0.3 is 0 Å². The van der Waals surface area contributed by atoms with E-state index in [9.17, 15) is 4.79 Å². The van der Waals surface area contributed by atoms with Crippen LogP contribution in [0.15, 0.2) is 72.1 Å². The zero-order valence-electron chi connectivity index (χ0n) is 15.4. The Hall–Kier alpha value is -2.63. The largest absolute Gasteiger partial charge is 0.485 e. The predicted molar refractivity (Wildman–Crippen MR) is 110 cm³/mol. The molecule has 0 bridgehead atoms. The van der Waals surface area contributed by atoms with E-state index < -0.39 is 0 Å². The van der Waals surface area contributed by atoms with Crippen molar-refractivity contribution in [3.8, 4) is 5.75 Å². The van der Waals surface area contributed by atoms with Gasteiger partial charge in [0.05, 0.1) is 0 Å². The molecular weight excluding hydrogens is 356 g/mol. The maximum atomic E-state index is 12.5. The Kier molecular flexibility index (Phi) is 7.02. The molecule has 3 rings (SSSR count). The number of nitrogens with one attached hydrogen (secondary N) is 2. The van der Waals surface area contributed by atoms with Gasteiger partial charge in [0.15, 0.2) is 0 Å². The molecule has 2 aromatic carbocycles. The van der Waals surface area contributed by atoms with E-state index in [-0.39, 0.29) is 12.0 Å². The first-order valence-corrected chi connectivity index (χ1v) is 9.91. The van der Waals surface area contributed by atoms with Crippen LogP contribution < -0.4 is 15.4 Å². The fourth-order valence-corrected chi connectivity index (χ4v) is 3.55. The molecule has 1 aromatic heterocycles. The van der Waals surface area contributed by atoms with Crippen molar-refractivity contribution < 1.29 is 9.53 Å². The Balaban J connectivity index is 1.65. The van der Waals surface area contributed by atoms with Crippen molar-refractivity contribution >= 4 is 17.2 Å². The summed E-state index contributed by atoms with van der Waals surface area (Å²) >= 11 is 1.68. The Labute approximate surface area is 164 Å². The van der Waals surface area contributed by atoms with Crippen molar-refractivity contribution in [2.75, 3.05) is 13.6 Å². The molecule has 0 aliphatic carbocycles. The van der Waals surface area contributed by atoms with E-state index in [0.717, 1.165) is 18.5 Å². The fraction of sp³-hybridized carbons (Fsp3) is 0.227. The molecular formula is C22H24N2O2S. The zero-order valence-corrected chi connectivity index (χ0v) is 16.2. The molecule has 27 heavy (non-hydrogen) atoms.